The van der Waals surface area contributed by atoms with Crippen LogP contribution in [0.1, 0.15) is 31.8 Å². The van der Waals surface area contributed by atoms with Crippen molar-refractivity contribution >= 4 is 39.3 Å². The number of imide groups is 1. The Bertz CT molecular complexity index is 2840. The number of hydrogen-bond donors (Lipinski definition) is 0. The lowest BCUT2D eigenvalue weighted by atomic mass is 9.95. The maximum Gasteiger partial charge on any atom is 0.268 e. The summed E-state index contributed by atoms with van der Waals surface area (Å²) >= 11 is 0. The molecule has 56 heavy (non-hydrogen) atoms. The molecule has 0 saturated heterocycles. The highest BCUT2D eigenvalue weighted by molar-refractivity contribution is 6.37. The number of anilines is 1. The zero-order chi connectivity index (χ0) is 37.9. The van der Waals surface area contributed by atoms with Crippen LogP contribution < -0.4 is 4.90 Å². The molecular weight excluding hydrogens is 685 g/mol. The standard InChI is InChI=1S/C52H36N2O2/c1-33-19-23-35(24-20-33)39-27-29-46-44(31-39)45-32-40(36-25-21-34(2)22-26-36)28-30-47(45)53(46)48-18-10-17-43-49(48)52(56)54(51(43)55)50-41(37-11-5-3-6-12-37)15-9-16-42(50)38-13-7-4-8-14-38/h3-32H,1-2H3. The van der Waals surface area contributed by atoms with E-state index in [9.17, 15) is 4.79 Å². The van der Waals surface area contributed by atoms with Crippen molar-refractivity contribution < 1.29 is 9.59 Å². The topological polar surface area (TPSA) is 42.3 Å². The van der Waals surface area contributed by atoms with Gasteiger partial charge >= 0.3 is 0 Å². The van der Waals surface area contributed by atoms with Crippen molar-refractivity contribution in [3.8, 4) is 50.2 Å². The molecule has 2 heterocycles. The second-order valence-electron chi connectivity index (χ2n) is 14.6. The fourth-order valence-electron chi connectivity index (χ4n) is 8.28. The second kappa shape index (κ2) is 13.2. The number of nitrogens with zero attached hydrogens (tertiary/aromatic N) is 2. The minimum atomic E-state index is -0.344. The van der Waals surface area contributed by atoms with Crippen LogP contribution in [-0.4, -0.2) is 16.4 Å². The summed E-state index contributed by atoms with van der Waals surface area (Å²) in [5, 5.41) is 2.14. The zero-order valence-corrected chi connectivity index (χ0v) is 31.0. The maximum atomic E-state index is 15.2. The Morgan fingerprint density at radius 1 is 0.375 bits per heavy atom. The van der Waals surface area contributed by atoms with Crippen LogP contribution in [-0.2, 0) is 0 Å². The Morgan fingerprint density at radius 3 is 1.32 bits per heavy atom. The number of rotatable bonds is 6. The molecule has 4 nitrogen and oxygen atoms in total. The summed E-state index contributed by atoms with van der Waals surface area (Å²) in [6.45, 7) is 4.20. The van der Waals surface area contributed by atoms with Crippen LogP contribution in [0, 0.1) is 13.8 Å². The van der Waals surface area contributed by atoms with Gasteiger partial charge in [0, 0.05) is 21.9 Å². The molecule has 0 N–H and O–H groups in total. The van der Waals surface area contributed by atoms with E-state index in [2.05, 4.69) is 103 Å². The summed E-state index contributed by atoms with van der Waals surface area (Å²) < 4.78 is 2.16. The highest BCUT2D eigenvalue weighted by Gasteiger charge is 2.41. The maximum absolute atomic E-state index is 15.2. The number of hydrogen-bond acceptors (Lipinski definition) is 2. The molecule has 4 heteroatoms. The smallest absolute Gasteiger partial charge is 0.268 e. The molecule has 0 fully saturated rings. The number of benzene rings is 8. The van der Waals surface area contributed by atoms with E-state index in [1.807, 2.05) is 91.0 Å². The summed E-state index contributed by atoms with van der Waals surface area (Å²) in [4.78, 5) is 31.4. The van der Waals surface area contributed by atoms with Crippen LogP contribution in [0.2, 0.25) is 0 Å². The Hall–Kier alpha value is -7.30. The minimum Gasteiger partial charge on any atom is -0.308 e. The number of fused-ring (bicyclic) bond motifs is 4. The predicted octanol–water partition coefficient (Wildman–Crippen LogP) is 12.9. The largest absolute Gasteiger partial charge is 0.308 e. The first kappa shape index (κ1) is 33.3. The lowest BCUT2D eigenvalue weighted by molar-refractivity contribution is 0.0926. The monoisotopic (exact) mass is 720 g/mol. The highest BCUT2D eigenvalue weighted by atomic mass is 16.2. The molecule has 1 aliphatic rings. The van der Waals surface area contributed by atoms with Crippen molar-refractivity contribution in [2.24, 2.45) is 0 Å². The van der Waals surface area contributed by atoms with Gasteiger partial charge in [0.25, 0.3) is 11.8 Å². The molecule has 266 valence electrons. The van der Waals surface area contributed by atoms with Gasteiger partial charge in [0.1, 0.15) is 0 Å². The summed E-state index contributed by atoms with van der Waals surface area (Å²) in [6, 6.07) is 61.8. The molecule has 0 unspecified atom stereocenters. The lowest BCUT2D eigenvalue weighted by Gasteiger charge is -2.23. The van der Waals surface area contributed by atoms with E-state index in [1.165, 1.54) is 16.0 Å². The average Bonchev–Trinajstić information content (AvgIpc) is 3.70. The lowest BCUT2D eigenvalue weighted by Crippen LogP contribution is -2.30. The first-order valence-electron chi connectivity index (χ1n) is 18.9. The number of carbonyl (C=O) groups is 2. The fourth-order valence-corrected chi connectivity index (χ4v) is 8.28. The highest BCUT2D eigenvalue weighted by Crippen LogP contribution is 2.45. The van der Waals surface area contributed by atoms with Crippen molar-refractivity contribution in [1.29, 1.82) is 0 Å². The molecule has 1 aromatic heterocycles. The average molecular weight is 721 g/mol. The van der Waals surface area contributed by atoms with E-state index < -0.39 is 0 Å². The van der Waals surface area contributed by atoms with Crippen LogP contribution in [0.15, 0.2) is 182 Å². The van der Waals surface area contributed by atoms with Crippen LogP contribution in [0.25, 0.3) is 72.0 Å². The second-order valence-corrected chi connectivity index (χ2v) is 14.6. The molecule has 0 spiro atoms. The number of carbonyl (C=O) groups excluding carboxylic acids is 2. The van der Waals surface area contributed by atoms with Crippen LogP contribution >= 0.6 is 0 Å². The molecule has 2 amide bonds. The van der Waals surface area contributed by atoms with Crippen molar-refractivity contribution in [3.05, 3.63) is 204 Å². The summed E-state index contributed by atoms with van der Waals surface area (Å²) in [7, 11) is 0. The van der Waals surface area contributed by atoms with Crippen molar-refractivity contribution in [2.45, 2.75) is 13.8 Å². The van der Waals surface area contributed by atoms with E-state index in [-0.39, 0.29) is 11.8 Å². The number of amides is 2. The third-order valence-electron chi connectivity index (χ3n) is 11.1. The number of aromatic nitrogens is 1. The summed E-state index contributed by atoms with van der Waals surface area (Å²) in [6.07, 6.45) is 0. The third-order valence-corrected chi connectivity index (χ3v) is 11.1. The number of para-hydroxylation sites is 1. The molecule has 0 bridgehead atoms. The van der Waals surface area contributed by atoms with E-state index >= 15 is 4.79 Å². The molecule has 8 aromatic carbocycles. The summed E-state index contributed by atoms with van der Waals surface area (Å²) in [5.74, 6) is -0.680. The van der Waals surface area contributed by atoms with Gasteiger partial charge in [0.05, 0.1) is 33.5 Å². The Morgan fingerprint density at radius 2 is 0.821 bits per heavy atom. The fraction of sp³-hybridized carbons (Fsp3) is 0.0385. The Labute approximate surface area is 325 Å². The third kappa shape index (κ3) is 5.38. The molecule has 9 aromatic rings. The van der Waals surface area contributed by atoms with Crippen LogP contribution in [0.5, 0.6) is 0 Å². The van der Waals surface area contributed by atoms with Gasteiger partial charge in [0.2, 0.25) is 0 Å². The van der Waals surface area contributed by atoms with Crippen molar-refractivity contribution in [2.75, 3.05) is 4.90 Å². The summed E-state index contributed by atoms with van der Waals surface area (Å²) in [5.41, 5.74) is 14.3. The van der Waals surface area contributed by atoms with E-state index in [0.29, 0.717) is 22.5 Å². The van der Waals surface area contributed by atoms with Crippen LogP contribution in [0.4, 0.5) is 5.69 Å². The molecule has 1 aliphatic heterocycles. The molecule has 0 saturated carbocycles. The normalized spacial score (nSPS) is 12.5. The van der Waals surface area contributed by atoms with Gasteiger partial charge in [-0.25, -0.2) is 4.90 Å². The molecule has 0 radical (unpaired) electrons. The van der Waals surface area contributed by atoms with E-state index in [0.717, 1.165) is 66.3 Å². The van der Waals surface area contributed by atoms with Gasteiger partial charge in [0.15, 0.2) is 0 Å². The first-order valence-corrected chi connectivity index (χ1v) is 18.9. The Kier molecular flexibility index (Phi) is 7.86. The molecule has 0 atom stereocenters. The first-order chi connectivity index (χ1) is 27.4. The van der Waals surface area contributed by atoms with Gasteiger partial charge in [-0.3, -0.25) is 9.59 Å². The molecular formula is C52H36N2O2. The van der Waals surface area contributed by atoms with Gasteiger partial charge in [-0.2, -0.15) is 0 Å². The van der Waals surface area contributed by atoms with Gasteiger partial charge in [-0.15, -0.1) is 0 Å². The van der Waals surface area contributed by atoms with Gasteiger partial charge < -0.3 is 4.57 Å². The van der Waals surface area contributed by atoms with Crippen molar-refractivity contribution in [1.82, 2.24) is 4.57 Å². The predicted molar refractivity (Wildman–Crippen MR) is 230 cm³/mol. The Balaban J connectivity index is 1.20. The van der Waals surface area contributed by atoms with Crippen LogP contribution in [0.3, 0.4) is 0 Å². The quantitative estimate of drug-likeness (QED) is 0.161. The van der Waals surface area contributed by atoms with Crippen molar-refractivity contribution in [3.63, 3.8) is 0 Å². The number of aryl methyl sites for hydroxylation is 2. The molecule has 10 rings (SSSR count). The van der Waals surface area contributed by atoms with E-state index in [4.69, 9.17) is 0 Å². The van der Waals surface area contributed by atoms with Gasteiger partial charge in [-0.1, -0.05) is 157 Å². The molecule has 0 aliphatic carbocycles. The SMILES string of the molecule is Cc1ccc(-c2ccc3c(c2)c2cc(-c4ccc(C)cc4)ccc2n3-c2cccc3c2C(=O)N(c2c(-c4ccccc4)cccc2-c2ccccc2)C3=O)cc1. The minimum absolute atomic E-state index is 0.337. The van der Waals surface area contributed by atoms with Gasteiger partial charge in [-0.05, 0) is 83.6 Å². The van der Waals surface area contributed by atoms with E-state index in [1.54, 1.807) is 6.07 Å². The zero-order valence-electron chi connectivity index (χ0n) is 31.0.